The molecule has 0 saturated carbocycles. The molecule has 6 heteroatoms. The van der Waals surface area contributed by atoms with Gasteiger partial charge in [0.2, 0.25) is 0 Å². The molecule has 1 atom stereocenters. The van der Waals surface area contributed by atoms with E-state index in [4.69, 9.17) is 9.05 Å². The lowest BCUT2D eigenvalue weighted by Crippen LogP contribution is -2.37. The van der Waals surface area contributed by atoms with Crippen LogP contribution in [0.25, 0.3) is 0 Å². The molecule has 18 heavy (non-hydrogen) atoms. The van der Waals surface area contributed by atoms with Gasteiger partial charge in [-0.3, -0.25) is 9.42 Å². The van der Waals surface area contributed by atoms with Crippen molar-refractivity contribution in [1.29, 1.82) is 0 Å². The van der Waals surface area contributed by atoms with Gasteiger partial charge in [0, 0.05) is 0 Å². The van der Waals surface area contributed by atoms with Crippen molar-refractivity contribution < 1.29 is 23.0 Å². The number of phosphoric ester groups is 1. The molecule has 1 N–H and O–H groups in total. The minimum absolute atomic E-state index is 0.170. The molecule has 1 rings (SSSR count). The summed E-state index contributed by atoms with van der Waals surface area (Å²) >= 11 is 0. The van der Waals surface area contributed by atoms with E-state index < -0.39 is 7.82 Å². The van der Waals surface area contributed by atoms with E-state index in [0.717, 1.165) is 5.56 Å². The van der Waals surface area contributed by atoms with Crippen LogP contribution < -0.4 is 4.52 Å². The van der Waals surface area contributed by atoms with E-state index in [1.807, 2.05) is 28.1 Å². The summed E-state index contributed by atoms with van der Waals surface area (Å²) in [5, 5.41) is 0. The normalized spacial score (nSPS) is 15.2. The van der Waals surface area contributed by atoms with Crippen LogP contribution >= 0.6 is 7.82 Å². The second-order valence-corrected chi connectivity index (χ2v) is 6.60. The summed E-state index contributed by atoms with van der Waals surface area (Å²) < 4.78 is 22.2. The summed E-state index contributed by atoms with van der Waals surface area (Å²) in [6.07, 6.45) is 0. The molecular weight excluding hydrogens is 253 g/mol. The van der Waals surface area contributed by atoms with E-state index in [-0.39, 0.29) is 6.61 Å². The zero-order valence-corrected chi connectivity index (χ0v) is 12.2. The Hall–Kier alpha value is -0.870. The van der Waals surface area contributed by atoms with Gasteiger partial charge in [-0.25, -0.2) is 4.57 Å². The molecule has 0 aliphatic carbocycles. The van der Waals surface area contributed by atoms with Crippen LogP contribution in [0, 0.1) is 6.92 Å². The monoisotopic (exact) mass is 274 g/mol. The van der Waals surface area contributed by atoms with Crippen LogP contribution in [0.5, 0.6) is 5.75 Å². The molecule has 0 bridgehead atoms. The van der Waals surface area contributed by atoms with Crippen molar-refractivity contribution >= 4 is 7.82 Å². The average Bonchev–Trinajstić information content (AvgIpc) is 2.18. The van der Waals surface area contributed by atoms with Crippen LogP contribution in [0.2, 0.25) is 0 Å². The smallest absolute Gasteiger partial charge is 0.404 e. The first kappa shape index (κ1) is 15.2. The van der Waals surface area contributed by atoms with Crippen LogP contribution in [-0.2, 0) is 9.09 Å². The molecule has 102 valence electrons. The molecular formula is C12H21NO4P+. The lowest BCUT2D eigenvalue weighted by molar-refractivity contribution is -0.870. The van der Waals surface area contributed by atoms with E-state index in [0.29, 0.717) is 16.8 Å². The quantitative estimate of drug-likeness (QED) is 0.638. The summed E-state index contributed by atoms with van der Waals surface area (Å²) in [6, 6.07) is 6.89. The predicted molar refractivity (Wildman–Crippen MR) is 70.5 cm³/mol. The number of aryl methyl sites for hydroxylation is 1. The molecule has 0 fully saturated rings. The van der Waals surface area contributed by atoms with Gasteiger partial charge in [0.25, 0.3) is 0 Å². The Balaban J connectivity index is 2.49. The fraction of sp³-hybridized carbons (Fsp3) is 0.500. The fourth-order valence-corrected chi connectivity index (χ4v) is 1.94. The van der Waals surface area contributed by atoms with Gasteiger partial charge < -0.3 is 9.01 Å². The SMILES string of the molecule is Cc1ccc(OP(=O)(O)OCC[N+](C)(C)C)cc1. The number of nitrogens with zero attached hydrogens (tertiary/aromatic N) is 1. The van der Waals surface area contributed by atoms with Gasteiger partial charge in [-0.2, -0.15) is 0 Å². The highest BCUT2D eigenvalue weighted by Gasteiger charge is 2.24. The molecule has 1 unspecified atom stereocenters. The lowest BCUT2D eigenvalue weighted by atomic mass is 10.2. The molecule has 0 radical (unpaired) electrons. The first-order chi connectivity index (χ1) is 8.18. The predicted octanol–water partition coefficient (Wildman–Crippen LogP) is 2.20. The van der Waals surface area contributed by atoms with Gasteiger partial charge in [0.15, 0.2) is 0 Å². The van der Waals surface area contributed by atoms with Crippen molar-refractivity contribution in [3.05, 3.63) is 29.8 Å². The molecule has 0 heterocycles. The highest BCUT2D eigenvalue weighted by Crippen LogP contribution is 2.43. The van der Waals surface area contributed by atoms with E-state index in [1.165, 1.54) is 0 Å². The Bertz CT molecular complexity index is 425. The minimum atomic E-state index is -4.03. The van der Waals surface area contributed by atoms with Gasteiger partial charge in [-0.05, 0) is 19.1 Å². The van der Waals surface area contributed by atoms with Gasteiger partial charge in [-0.15, -0.1) is 0 Å². The van der Waals surface area contributed by atoms with E-state index in [9.17, 15) is 9.46 Å². The number of benzene rings is 1. The lowest BCUT2D eigenvalue weighted by Gasteiger charge is -2.24. The fourth-order valence-electron chi connectivity index (χ4n) is 1.19. The standard InChI is InChI=1S/C12H20NO4P/c1-11-5-7-12(8-6-11)17-18(14,15)16-10-9-13(2,3)4/h5-8H,9-10H2,1-4H3/p+1. The minimum Gasteiger partial charge on any atom is -0.404 e. The van der Waals surface area contributed by atoms with Crippen molar-refractivity contribution in [2.45, 2.75) is 6.92 Å². The maximum absolute atomic E-state index is 11.7. The zero-order valence-electron chi connectivity index (χ0n) is 11.3. The first-order valence-electron chi connectivity index (χ1n) is 5.72. The number of phosphoric acid groups is 1. The summed E-state index contributed by atoms with van der Waals surface area (Å²) in [4.78, 5) is 9.54. The highest BCUT2D eigenvalue weighted by molar-refractivity contribution is 7.47. The van der Waals surface area contributed by atoms with Crippen LogP contribution in [0.4, 0.5) is 0 Å². The Morgan fingerprint density at radius 2 is 1.78 bits per heavy atom. The molecule has 0 spiro atoms. The first-order valence-corrected chi connectivity index (χ1v) is 7.22. The molecule has 5 nitrogen and oxygen atoms in total. The molecule has 0 aliphatic heterocycles. The average molecular weight is 274 g/mol. The van der Waals surface area contributed by atoms with Gasteiger partial charge >= 0.3 is 7.82 Å². The second-order valence-electron chi connectivity index (χ2n) is 5.22. The molecule has 0 aliphatic rings. The molecule has 1 aromatic carbocycles. The molecule has 0 saturated heterocycles. The summed E-state index contributed by atoms with van der Waals surface area (Å²) in [5.41, 5.74) is 1.06. The molecule has 0 aromatic heterocycles. The number of quaternary nitrogens is 1. The van der Waals surface area contributed by atoms with Crippen molar-refractivity contribution in [3.8, 4) is 5.75 Å². The number of hydrogen-bond donors (Lipinski definition) is 1. The highest BCUT2D eigenvalue weighted by atomic mass is 31.2. The van der Waals surface area contributed by atoms with Gasteiger partial charge in [-0.1, -0.05) is 17.7 Å². The Morgan fingerprint density at radius 1 is 1.22 bits per heavy atom. The van der Waals surface area contributed by atoms with Gasteiger partial charge in [0.1, 0.15) is 18.9 Å². The van der Waals surface area contributed by atoms with Crippen molar-refractivity contribution in [2.75, 3.05) is 34.3 Å². The van der Waals surface area contributed by atoms with Crippen molar-refractivity contribution in [2.24, 2.45) is 0 Å². The third-order valence-corrected chi connectivity index (χ3v) is 3.21. The van der Waals surface area contributed by atoms with Crippen LogP contribution in [0.3, 0.4) is 0 Å². The topological polar surface area (TPSA) is 55.8 Å². The van der Waals surface area contributed by atoms with Crippen molar-refractivity contribution in [3.63, 3.8) is 0 Å². The third kappa shape index (κ3) is 6.17. The second kappa shape index (κ2) is 5.85. The van der Waals surface area contributed by atoms with Crippen LogP contribution in [0.1, 0.15) is 5.56 Å². The molecule has 1 aromatic rings. The number of likely N-dealkylation sites (N-methyl/N-ethyl adjacent to an activating group) is 1. The zero-order chi connectivity index (χ0) is 13.8. The van der Waals surface area contributed by atoms with E-state index >= 15 is 0 Å². The number of hydrogen-bond acceptors (Lipinski definition) is 3. The van der Waals surface area contributed by atoms with Crippen LogP contribution in [-0.4, -0.2) is 43.7 Å². The summed E-state index contributed by atoms with van der Waals surface area (Å²) in [6.45, 7) is 2.73. The van der Waals surface area contributed by atoms with Crippen LogP contribution in [0.15, 0.2) is 24.3 Å². The van der Waals surface area contributed by atoms with E-state index in [2.05, 4.69) is 0 Å². The molecule has 0 amide bonds. The Morgan fingerprint density at radius 3 is 2.28 bits per heavy atom. The maximum Gasteiger partial charge on any atom is 0.527 e. The maximum atomic E-state index is 11.7. The Kier molecular flexibility index (Phi) is 4.93. The third-order valence-electron chi connectivity index (χ3n) is 2.26. The van der Waals surface area contributed by atoms with Crippen molar-refractivity contribution in [1.82, 2.24) is 0 Å². The largest absolute Gasteiger partial charge is 0.527 e. The summed E-state index contributed by atoms with van der Waals surface area (Å²) in [7, 11) is 1.91. The Labute approximate surface area is 108 Å². The van der Waals surface area contributed by atoms with Gasteiger partial charge in [0.05, 0.1) is 21.1 Å². The van der Waals surface area contributed by atoms with E-state index in [1.54, 1.807) is 24.3 Å². The number of rotatable bonds is 6. The summed E-state index contributed by atoms with van der Waals surface area (Å²) in [5.74, 6) is 0.330.